The van der Waals surface area contributed by atoms with Gasteiger partial charge in [-0.2, -0.15) is 0 Å². The van der Waals surface area contributed by atoms with Gasteiger partial charge in [-0.15, -0.1) is 0 Å². The zero-order valence-corrected chi connectivity index (χ0v) is 21.3. The first-order valence-corrected chi connectivity index (χ1v) is 12.6. The molecule has 38 heavy (non-hydrogen) atoms. The third kappa shape index (κ3) is 5.26. The molecule has 1 aliphatic carbocycles. The SMILES string of the molecule is CNC(=O)c1c(-c2ccc(F)cc2)oc2cc(N(CCOCc3ccccc3)C(=O)OC)c(C3CC3)cc12. The fourth-order valence-electron chi connectivity index (χ4n) is 4.60. The van der Waals surface area contributed by atoms with Gasteiger partial charge in [-0.05, 0) is 60.2 Å². The summed E-state index contributed by atoms with van der Waals surface area (Å²) >= 11 is 0. The number of carbonyl (C=O) groups excluding carboxylic acids is 2. The fourth-order valence-corrected chi connectivity index (χ4v) is 4.60. The smallest absolute Gasteiger partial charge is 0.414 e. The first-order valence-electron chi connectivity index (χ1n) is 12.6. The zero-order valence-electron chi connectivity index (χ0n) is 21.3. The van der Waals surface area contributed by atoms with Gasteiger partial charge >= 0.3 is 6.09 Å². The molecule has 1 saturated carbocycles. The molecule has 0 bridgehead atoms. The van der Waals surface area contributed by atoms with Gasteiger partial charge in [-0.3, -0.25) is 9.69 Å². The van der Waals surface area contributed by atoms with E-state index in [-0.39, 0.29) is 24.2 Å². The number of ether oxygens (including phenoxy) is 2. The molecule has 4 aromatic rings. The molecule has 0 saturated heterocycles. The highest BCUT2D eigenvalue weighted by atomic mass is 19.1. The van der Waals surface area contributed by atoms with Crippen LogP contribution in [0.2, 0.25) is 0 Å². The van der Waals surface area contributed by atoms with Crippen LogP contribution in [-0.2, 0) is 16.1 Å². The number of halogens is 1. The minimum Gasteiger partial charge on any atom is -0.455 e. The number of fused-ring (bicyclic) bond motifs is 1. The first-order chi connectivity index (χ1) is 18.5. The Morgan fingerprint density at radius 1 is 1.08 bits per heavy atom. The molecular formula is C30H29FN2O5. The van der Waals surface area contributed by atoms with Crippen LogP contribution in [-0.4, -0.2) is 39.3 Å². The van der Waals surface area contributed by atoms with E-state index < -0.39 is 6.09 Å². The summed E-state index contributed by atoms with van der Waals surface area (Å²) in [6.07, 6.45) is 1.46. The van der Waals surface area contributed by atoms with Gasteiger partial charge < -0.3 is 19.2 Å². The molecule has 1 aromatic heterocycles. The molecule has 2 amide bonds. The number of methoxy groups -OCH3 is 1. The van der Waals surface area contributed by atoms with Crippen molar-refractivity contribution in [1.82, 2.24) is 5.32 Å². The van der Waals surface area contributed by atoms with Gasteiger partial charge in [-0.1, -0.05) is 30.3 Å². The van der Waals surface area contributed by atoms with E-state index in [0.29, 0.717) is 46.8 Å². The molecule has 8 heteroatoms. The van der Waals surface area contributed by atoms with Crippen molar-refractivity contribution in [1.29, 1.82) is 0 Å². The lowest BCUT2D eigenvalue weighted by Crippen LogP contribution is -2.34. The van der Waals surface area contributed by atoms with Crippen molar-refractivity contribution in [3.8, 4) is 11.3 Å². The number of nitrogens with zero attached hydrogens (tertiary/aromatic N) is 1. The Kier molecular flexibility index (Phi) is 7.42. The Bertz CT molecular complexity index is 1450. The monoisotopic (exact) mass is 516 g/mol. The maximum absolute atomic E-state index is 13.6. The highest BCUT2D eigenvalue weighted by molar-refractivity contribution is 6.12. The fraction of sp³-hybridized carbons (Fsp3) is 0.267. The number of furan rings is 1. The van der Waals surface area contributed by atoms with Crippen molar-refractivity contribution in [2.45, 2.75) is 25.4 Å². The average molecular weight is 517 g/mol. The van der Waals surface area contributed by atoms with E-state index in [2.05, 4.69) is 5.32 Å². The second-order valence-corrected chi connectivity index (χ2v) is 9.23. The summed E-state index contributed by atoms with van der Waals surface area (Å²) in [4.78, 5) is 27.4. The maximum Gasteiger partial charge on any atom is 0.414 e. The summed E-state index contributed by atoms with van der Waals surface area (Å²) < 4.78 is 30.7. The normalized spacial score (nSPS) is 12.9. The molecule has 7 nitrogen and oxygen atoms in total. The van der Waals surface area contributed by atoms with Gasteiger partial charge in [0.15, 0.2) is 0 Å². The Balaban J connectivity index is 1.53. The number of carbonyl (C=O) groups is 2. The van der Waals surface area contributed by atoms with Gasteiger partial charge in [0.1, 0.15) is 17.2 Å². The first kappa shape index (κ1) is 25.5. The molecule has 1 heterocycles. The molecule has 1 aliphatic rings. The van der Waals surface area contributed by atoms with E-state index in [9.17, 15) is 14.0 Å². The van der Waals surface area contributed by atoms with E-state index in [1.54, 1.807) is 30.1 Å². The molecule has 0 radical (unpaired) electrons. The van der Waals surface area contributed by atoms with Crippen LogP contribution >= 0.6 is 0 Å². The maximum atomic E-state index is 13.6. The number of hydrogen-bond acceptors (Lipinski definition) is 5. The predicted octanol–water partition coefficient (Wildman–Crippen LogP) is 6.27. The predicted molar refractivity (Wildman–Crippen MR) is 143 cm³/mol. The highest BCUT2D eigenvalue weighted by Crippen LogP contribution is 2.47. The molecule has 3 aromatic carbocycles. The summed E-state index contributed by atoms with van der Waals surface area (Å²) in [5.41, 5.74) is 4.05. The minimum atomic E-state index is -0.508. The topological polar surface area (TPSA) is 81.0 Å². The minimum absolute atomic E-state index is 0.258. The van der Waals surface area contributed by atoms with Crippen molar-refractivity contribution in [3.63, 3.8) is 0 Å². The molecule has 0 unspecified atom stereocenters. The van der Waals surface area contributed by atoms with Crippen LogP contribution in [0, 0.1) is 5.82 Å². The number of hydrogen-bond donors (Lipinski definition) is 1. The number of amides is 2. The van der Waals surface area contributed by atoms with Crippen LogP contribution in [0.5, 0.6) is 0 Å². The summed E-state index contributed by atoms with van der Waals surface area (Å²) in [6, 6.07) is 19.3. The van der Waals surface area contributed by atoms with Crippen molar-refractivity contribution in [2.75, 3.05) is 32.2 Å². The van der Waals surface area contributed by atoms with E-state index in [1.165, 1.54) is 19.2 Å². The van der Waals surface area contributed by atoms with E-state index in [1.807, 2.05) is 36.4 Å². The van der Waals surface area contributed by atoms with Crippen molar-refractivity contribution >= 4 is 28.7 Å². The Labute approximate surface area is 220 Å². The van der Waals surface area contributed by atoms with Crippen LogP contribution < -0.4 is 10.2 Å². The van der Waals surface area contributed by atoms with Crippen molar-refractivity contribution < 1.29 is 27.9 Å². The molecule has 1 N–H and O–H groups in total. The molecule has 1 fully saturated rings. The third-order valence-electron chi connectivity index (χ3n) is 6.67. The van der Waals surface area contributed by atoms with Crippen molar-refractivity contribution in [3.05, 3.63) is 89.2 Å². The van der Waals surface area contributed by atoms with Crippen LogP contribution in [0.15, 0.2) is 71.1 Å². The van der Waals surface area contributed by atoms with E-state index in [4.69, 9.17) is 13.9 Å². The second kappa shape index (κ2) is 11.1. The molecular weight excluding hydrogens is 487 g/mol. The standard InChI is InChI=1S/C30H29FN2O5/c1-32-29(34)27-24-16-23(20-8-9-20)25(17-26(24)38-28(27)21-10-12-22(31)13-11-21)33(30(35)36-2)14-15-37-18-19-6-4-3-5-7-19/h3-7,10-13,16-17,20H,8-9,14-15,18H2,1-2H3,(H,32,34). The van der Waals surface area contributed by atoms with Crippen LogP contribution in [0.3, 0.4) is 0 Å². The van der Waals surface area contributed by atoms with Crippen molar-refractivity contribution in [2.24, 2.45) is 0 Å². The summed E-state index contributed by atoms with van der Waals surface area (Å²) in [5, 5.41) is 3.32. The van der Waals surface area contributed by atoms with Crippen LogP contribution in [0.25, 0.3) is 22.3 Å². The van der Waals surface area contributed by atoms with Crippen LogP contribution in [0.1, 0.15) is 40.2 Å². The van der Waals surface area contributed by atoms with Crippen LogP contribution in [0.4, 0.5) is 14.9 Å². The van der Waals surface area contributed by atoms with E-state index >= 15 is 0 Å². The molecule has 196 valence electrons. The second-order valence-electron chi connectivity index (χ2n) is 9.23. The lowest BCUT2D eigenvalue weighted by atomic mass is 10.00. The lowest BCUT2D eigenvalue weighted by molar-refractivity contribution is 0.0964. The van der Waals surface area contributed by atoms with Gasteiger partial charge in [0.25, 0.3) is 5.91 Å². The lowest BCUT2D eigenvalue weighted by Gasteiger charge is -2.24. The Hall–Kier alpha value is -4.17. The average Bonchev–Trinajstić information content (AvgIpc) is 3.73. The summed E-state index contributed by atoms with van der Waals surface area (Å²) in [5.74, 6) is -0.0906. The highest BCUT2D eigenvalue weighted by Gasteiger charge is 2.32. The zero-order chi connectivity index (χ0) is 26.6. The third-order valence-corrected chi connectivity index (χ3v) is 6.67. The number of nitrogens with one attached hydrogen (secondary N) is 1. The van der Waals surface area contributed by atoms with Gasteiger partial charge in [0.2, 0.25) is 0 Å². The Morgan fingerprint density at radius 2 is 1.82 bits per heavy atom. The Morgan fingerprint density at radius 3 is 2.47 bits per heavy atom. The molecule has 0 aliphatic heterocycles. The van der Waals surface area contributed by atoms with E-state index in [0.717, 1.165) is 24.0 Å². The number of anilines is 1. The molecule has 0 spiro atoms. The summed E-state index contributed by atoms with van der Waals surface area (Å²) in [6.45, 7) is 1.01. The molecule has 0 atom stereocenters. The largest absolute Gasteiger partial charge is 0.455 e. The van der Waals surface area contributed by atoms with Gasteiger partial charge in [0, 0.05) is 24.1 Å². The molecule has 5 rings (SSSR count). The van der Waals surface area contributed by atoms with Gasteiger partial charge in [0.05, 0.1) is 38.1 Å². The van der Waals surface area contributed by atoms with Gasteiger partial charge in [-0.25, -0.2) is 9.18 Å². The quantitative estimate of drug-likeness (QED) is 0.265. The summed E-state index contributed by atoms with van der Waals surface area (Å²) in [7, 11) is 2.90. The number of benzene rings is 3. The number of rotatable bonds is 9.